The van der Waals surface area contributed by atoms with Gasteiger partial charge < -0.3 is 25.8 Å². The van der Waals surface area contributed by atoms with Crippen LogP contribution in [0.5, 0.6) is 0 Å². The van der Waals surface area contributed by atoms with Crippen LogP contribution in [0.4, 0.5) is 26.1 Å². The van der Waals surface area contributed by atoms with Gasteiger partial charge in [-0.15, -0.1) is 0 Å². The second-order valence-corrected chi connectivity index (χ2v) is 12.8. The van der Waals surface area contributed by atoms with Crippen LogP contribution in [0.2, 0.25) is 0 Å². The molecule has 4 aromatic rings. The number of aliphatic hydroxyl groups is 1. The first-order valence-electron chi connectivity index (χ1n) is 13.5. The summed E-state index contributed by atoms with van der Waals surface area (Å²) in [4.78, 5) is 10.8. The minimum absolute atomic E-state index is 0.0133. The Labute approximate surface area is 242 Å². The summed E-state index contributed by atoms with van der Waals surface area (Å²) in [6.45, 7) is 2.94. The summed E-state index contributed by atoms with van der Waals surface area (Å²) in [6.07, 6.45) is 5.92. The lowest BCUT2D eigenvalue weighted by atomic mass is 9.92. The molecule has 0 unspecified atom stereocenters. The minimum atomic E-state index is -3.14. The highest BCUT2D eigenvalue weighted by molar-refractivity contribution is 7.90. The van der Waals surface area contributed by atoms with Crippen LogP contribution in [0.1, 0.15) is 12.5 Å². The predicted octanol–water partition coefficient (Wildman–Crippen LogP) is 2.56. The molecule has 4 heterocycles. The summed E-state index contributed by atoms with van der Waals surface area (Å²) in [6, 6.07) is 7.07. The van der Waals surface area contributed by atoms with Crippen molar-refractivity contribution in [1.82, 2.24) is 19.6 Å². The number of fused-ring (bicyclic) bond motifs is 1. The number of imidazole rings is 1. The molecule has 0 spiro atoms. The lowest BCUT2D eigenvalue weighted by Gasteiger charge is -2.42. The molecule has 42 heavy (non-hydrogen) atoms. The molecule has 1 aromatic carbocycles. The first kappa shape index (κ1) is 29.8. The number of pyridine rings is 1. The quantitative estimate of drug-likeness (QED) is 0.248. The van der Waals surface area contributed by atoms with Gasteiger partial charge in [0, 0.05) is 44.1 Å². The largest absolute Gasteiger partial charge is 0.396 e. The molecule has 4 N–H and O–H groups in total. The van der Waals surface area contributed by atoms with Gasteiger partial charge in [-0.2, -0.15) is 9.61 Å². The van der Waals surface area contributed by atoms with Crippen molar-refractivity contribution in [1.29, 1.82) is 0 Å². The maximum Gasteiger partial charge on any atom is 0.229 e. The lowest BCUT2D eigenvalue weighted by Crippen LogP contribution is -2.57. The van der Waals surface area contributed by atoms with Crippen LogP contribution in [0.15, 0.2) is 48.9 Å². The van der Waals surface area contributed by atoms with E-state index in [9.17, 15) is 17.2 Å². The molecule has 0 saturated carbocycles. The van der Waals surface area contributed by atoms with Crippen molar-refractivity contribution in [2.24, 2.45) is 11.7 Å². The normalized spacial score (nSPS) is 19.4. The molecule has 3 atom stereocenters. The number of aliphatic hydroxyl groups excluding tert-OH is 1. The third-order valence-electron chi connectivity index (χ3n) is 7.21. The van der Waals surface area contributed by atoms with E-state index in [1.165, 1.54) is 29.0 Å². The van der Waals surface area contributed by atoms with Crippen molar-refractivity contribution in [3.63, 3.8) is 0 Å². The fourth-order valence-corrected chi connectivity index (χ4v) is 5.65. The molecule has 0 radical (unpaired) electrons. The van der Waals surface area contributed by atoms with Crippen LogP contribution in [0, 0.1) is 17.6 Å². The minimum Gasteiger partial charge on any atom is -0.396 e. The van der Waals surface area contributed by atoms with E-state index in [-0.39, 0.29) is 54.7 Å². The molecule has 1 aliphatic heterocycles. The fourth-order valence-electron chi connectivity index (χ4n) is 5.25. The third kappa shape index (κ3) is 6.51. The molecule has 224 valence electrons. The maximum atomic E-state index is 14.9. The number of sulfone groups is 1. The van der Waals surface area contributed by atoms with E-state index in [2.05, 4.69) is 25.3 Å². The second-order valence-electron chi connectivity index (χ2n) is 10.6. The molecular formula is C28H33F2N7O4S. The van der Waals surface area contributed by atoms with Gasteiger partial charge >= 0.3 is 0 Å². The van der Waals surface area contributed by atoms with E-state index in [0.717, 1.165) is 5.69 Å². The van der Waals surface area contributed by atoms with E-state index >= 15 is 0 Å². The highest BCUT2D eigenvalue weighted by atomic mass is 32.2. The zero-order chi connectivity index (χ0) is 30.0. The molecule has 0 bridgehead atoms. The zero-order valence-corrected chi connectivity index (χ0v) is 24.1. The molecule has 3 aromatic heterocycles. The number of halogens is 2. The number of nitrogens with one attached hydrogen (secondary N) is 1. The van der Waals surface area contributed by atoms with E-state index < -0.39 is 21.5 Å². The van der Waals surface area contributed by atoms with Crippen LogP contribution in [0.25, 0.3) is 16.8 Å². The molecule has 0 aliphatic carbocycles. The highest BCUT2D eigenvalue weighted by Crippen LogP contribution is 2.32. The Bertz CT molecular complexity index is 1650. The third-order valence-corrected chi connectivity index (χ3v) is 8.12. The smallest absolute Gasteiger partial charge is 0.229 e. The van der Waals surface area contributed by atoms with Crippen molar-refractivity contribution in [3.8, 4) is 11.3 Å². The predicted molar refractivity (Wildman–Crippen MR) is 155 cm³/mol. The van der Waals surface area contributed by atoms with Gasteiger partial charge in [0.05, 0.1) is 59.0 Å². The number of anilines is 3. The van der Waals surface area contributed by atoms with Crippen molar-refractivity contribution in [2.75, 3.05) is 48.5 Å². The number of nitrogens with two attached hydrogens (primary N) is 1. The molecule has 14 heteroatoms. The Kier molecular flexibility index (Phi) is 8.68. The van der Waals surface area contributed by atoms with E-state index in [0.29, 0.717) is 35.8 Å². The van der Waals surface area contributed by atoms with Gasteiger partial charge in [0.15, 0.2) is 0 Å². The molecule has 0 amide bonds. The number of rotatable bonds is 10. The number of piperidine rings is 1. The maximum absolute atomic E-state index is 14.9. The second kappa shape index (κ2) is 12.3. The molecule has 5 rings (SSSR count). The number of aromatic nitrogens is 4. The van der Waals surface area contributed by atoms with E-state index in [4.69, 9.17) is 15.6 Å². The Morgan fingerprint density at radius 3 is 2.62 bits per heavy atom. The Morgan fingerprint density at radius 1 is 1.17 bits per heavy atom. The fraction of sp³-hybridized carbons (Fsp3) is 0.393. The van der Waals surface area contributed by atoms with E-state index in [1.807, 2.05) is 13.0 Å². The summed E-state index contributed by atoms with van der Waals surface area (Å²) >= 11 is 0. The number of hydrogen-bond acceptors (Lipinski definition) is 10. The number of ether oxygens (including phenoxy) is 1. The van der Waals surface area contributed by atoms with Crippen LogP contribution < -0.4 is 16.0 Å². The standard InChI is InChI=1S/C28H33F2N7O4S/c1-17-15-36(16-22(31)27(17)41-9-10-42(2,39)40)25-5-7-32-14-24(25)34-28-33-13-19-3-4-23(35-37(19)28)26-20(29)11-18(6-8-38)12-21(26)30/h3-5,7,11-14,17,22,27,38H,6,8-10,15-16,31H2,1-2H3,(H,33,34)/t17-,22+,27-/m0/s1. The first-order chi connectivity index (χ1) is 20.0. The molecule has 1 aliphatic rings. The number of nitrogens with zero attached hydrogens (tertiary/aromatic N) is 5. The lowest BCUT2D eigenvalue weighted by molar-refractivity contribution is 0.00183. The molecule has 1 saturated heterocycles. The molecule has 11 nitrogen and oxygen atoms in total. The highest BCUT2D eigenvalue weighted by Gasteiger charge is 2.34. The average molecular weight is 602 g/mol. The van der Waals surface area contributed by atoms with Crippen molar-refractivity contribution in [3.05, 3.63) is 66.1 Å². The van der Waals surface area contributed by atoms with Crippen LogP contribution >= 0.6 is 0 Å². The van der Waals surface area contributed by atoms with Gasteiger partial charge in [-0.05, 0) is 42.3 Å². The summed E-state index contributed by atoms with van der Waals surface area (Å²) in [5.74, 6) is -1.28. The van der Waals surface area contributed by atoms with Gasteiger partial charge in [0.25, 0.3) is 0 Å². The first-order valence-corrected chi connectivity index (χ1v) is 15.5. The SMILES string of the molecule is C[C@H]1CN(c2ccncc2Nc2ncc3ccc(-c4c(F)cc(CCO)cc4F)nn23)C[C@@H](N)[C@H]1OCCS(C)(=O)=O. The number of hydrogen-bond donors (Lipinski definition) is 3. The molecular weight excluding hydrogens is 568 g/mol. The number of benzene rings is 1. The molecule has 1 fully saturated rings. The van der Waals surface area contributed by atoms with Crippen LogP contribution in [-0.2, 0) is 21.0 Å². The Morgan fingerprint density at radius 2 is 1.93 bits per heavy atom. The van der Waals surface area contributed by atoms with Gasteiger partial charge in [0.1, 0.15) is 21.5 Å². The van der Waals surface area contributed by atoms with Crippen molar-refractivity contribution < 1.29 is 27.0 Å². The van der Waals surface area contributed by atoms with Crippen LogP contribution in [0.3, 0.4) is 0 Å². The Hall–Kier alpha value is -3.72. The summed E-state index contributed by atoms with van der Waals surface area (Å²) in [7, 11) is -3.14. The van der Waals surface area contributed by atoms with E-state index in [1.54, 1.807) is 24.7 Å². The Balaban J connectivity index is 1.38. The van der Waals surface area contributed by atoms with Gasteiger partial charge in [-0.3, -0.25) is 4.98 Å². The summed E-state index contributed by atoms with van der Waals surface area (Å²) in [5.41, 5.74) is 8.68. The summed E-state index contributed by atoms with van der Waals surface area (Å²) < 4.78 is 60.1. The monoisotopic (exact) mass is 601 g/mol. The van der Waals surface area contributed by atoms with Gasteiger partial charge in [-0.1, -0.05) is 6.92 Å². The van der Waals surface area contributed by atoms with Gasteiger partial charge in [0.2, 0.25) is 5.95 Å². The summed E-state index contributed by atoms with van der Waals surface area (Å²) in [5, 5.41) is 16.8. The van der Waals surface area contributed by atoms with Crippen molar-refractivity contribution >= 4 is 32.7 Å². The van der Waals surface area contributed by atoms with Crippen LogP contribution in [-0.4, -0.2) is 83.6 Å². The zero-order valence-electron chi connectivity index (χ0n) is 23.2. The topological polar surface area (TPSA) is 148 Å². The average Bonchev–Trinajstić information content (AvgIpc) is 3.31. The van der Waals surface area contributed by atoms with Gasteiger partial charge in [-0.25, -0.2) is 22.2 Å². The van der Waals surface area contributed by atoms with Crippen molar-refractivity contribution in [2.45, 2.75) is 25.5 Å².